The van der Waals surface area contributed by atoms with Crippen LogP contribution in [-0.2, 0) is 11.3 Å². The summed E-state index contributed by atoms with van der Waals surface area (Å²) in [6.07, 6.45) is 3.51. The first-order valence-electron chi connectivity index (χ1n) is 6.36. The normalized spacial score (nSPS) is 23.0. The maximum atomic E-state index is 12.1. The molecule has 1 fully saturated rings. The summed E-state index contributed by atoms with van der Waals surface area (Å²) in [5.74, 6) is -0.870. The lowest BCUT2D eigenvalue weighted by atomic mass is 9.84. The number of amides is 2. The van der Waals surface area contributed by atoms with Gasteiger partial charge in [-0.1, -0.05) is 12.8 Å². The van der Waals surface area contributed by atoms with Crippen molar-refractivity contribution in [1.82, 2.24) is 10.3 Å². The van der Waals surface area contributed by atoms with Gasteiger partial charge in [0.15, 0.2) is 0 Å². The number of carbonyl (C=O) groups excluding carboxylic acids is 2. The highest BCUT2D eigenvalue weighted by atomic mass is 32.1. The molecule has 1 aliphatic rings. The molecule has 0 radical (unpaired) electrons. The summed E-state index contributed by atoms with van der Waals surface area (Å²) in [4.78, 5) is 27.6. The van der Waals surface area contributed by atoms with Crippen molar-refractivity contribution < 1.29 is 9.59 Å². The highest BCUT2D eigenvalue weighted by Crippen LogP contribution is 2.24. The van der Waals surface area contributed by atoms with Crippen molar-refractivity contribution in [3.63, 3.8) is 0 Å². The molecule has 1 aliphatic carbocycles. The van der Waals surface area contributed by atoms with Crippen LogP contribution in [0.4, 0.5) is 0 Å². The zero-order valence-electron chi connectivity index (χ0n) is 10.6. The predicted molar refractivity (Wildman–Crippen MR) is 72.4 cm³/mol. The first kappa shape index (κ1) is 14.0. The van der Waals surface area contributed by atoms with Crippen LogP contribution in [-0.4, -0.2) is 22.8 Å². The van der Waals surface area contributed by atoms with Crippen molar-refractivity contribution in [2.75, 3.05) is 0 Å². The Hall–Kier alpha value is -1.47. The predicted octanol–water partition coefficient (Wildman–Crippen LogP) is 0.376. The largest absolute Gasteiger partial charge is 0.369 e. The van der Waals surface area contributed by atoms with Gasteiger partial charge in [0.1, 0.15) is 10.7 Å². The summed E-state index contributed by atoms with van der Waals surface area (Å²) in [5.41, 5.74) is 11.2. The molecule has 0 spiro atoms. The molecule has 6 nitrogen and oxygen atoms in total. The number of nitrogens with zero attached hydrogens (tertiary/aromatic N) is 1. The quantitative estimate of drug-likeness (QED) is 0.741. The van der Waals surface area contributed by atoms with E-state index in [0.29, 0.717) is 12.2 Å². The summed E-state index contributed by atoms with van der Waals surface area (Å²) in [6.45, 7) is 0.325. The van der Waals surface area contributed by atoms with Crippen LogP contribution >= 0.6 is 11.3 Å². The van der Waals surface area contributed by atoms with Crippen molar-refractivity contribution in [2.24, 2.45) is 17.4 Å². The van der Waals surface area contributed by atoms with Gasteiger partial charge in [0, 0.05) is 18.0 Å². The van der Waals surface area contributed by atoms with E-state index in [2.05, 4.69) is 10.3 Å². The molecule has 1 aromatic rings. The monoisotopic (exact) mass is 282 g/mol. The average Bonchev–Trinajstić information content (AvgIpc) is 2.88. The topological polar surface area (TPSA) is 111 Å². The van der Waals surface area contributed by atoms with Crippen molar-refractivity contribution in [1.29, 1.82) is 0 Å². The van der Waals surface area contributed by atoms with Gasteiger partial charge in [-0.3, -0.25) is 9.59 Å². The number of rotatable bonds is 4. The Morgan fingerprint density at radius 1 is 1.42 bits per heavy atom. The number of nitrogens with one attached hydrogen (secondary N) is 1. The maximum Gasteiger partial charge on any atom is 0.271 e. The Labute approximate surface area is 115 Å². The number of aromatic nitrogens is 1. The molecule has 2 atom stereocenters. The molecule has 2 amide bonds. The molecular formula is C12H18N4O2S. The summed E-state index contributed by atoms with van der Waals surface area (Å²) < 4.78 is 0. The van der Waals surface area contributed by atoms with Gasteiger partial charge in [-0.15, -0.1) is 11.3 Å². The molecule has 104 valence electrons. The lowest BCUT2D eigenvalue weighted by Crippen LogP contribution is -2.47. The molecule has 5 N–H and O–H groups in total. The Morgan fingerprint density at radius 2 is 2.16 bits per heavy atom. The first-order chi connectivity index (χ1) is 9.11. The minimum Gasteiger partial charge on any atom is -0.369 e. The van der Waals surface area contributed by atoms with Crippen molar-refractivity contribution in [3.8, 4) is 0 Å². The van der Waals surface area contributed by atoms with Gasteiger partial charge in [-0.05, 0) is 12.8 Å². The smallest absolute Gasteiger partial charge is 0.271 e. The summed E-state index contributed by atoms with van der Waals surface area (Å²) in [6, 6.07) is -0.179. The SMILES string of the molecule is NCc1nc(C(=O)NC2CCCCC2C(N)=O)cs1. The van der Waals surface area contributed by atoms with Gasteiger partial charge in [0.2, 0.25) is 5.91 Å². The maximum absolute atomic E-state index is 12.1. The molecular weight excluding hydrogens is 264 g/mol. The number of primary amides is 1. The highest BCUT2D eigenvalue weighted by molar-refractivity contribution is 7.09. The number of nitrogens with two attached hydrogens (primary N) is 2. The van der Waals surface area contributed by atoms with Crippen molar-refractivity contribution in [2.45, 2.75) is 38.3 Å². The fraction of sp³-hybridized carbons (Fsp3) is 0.583. The van der Waals surface area contributed by atoms with Crippen LogP contribution in [0, 0.1) is 5.92 Å². The molecule has 0 saturated heterocycles. The Morgan fingerprint density at radius 3 is 2.79 bits per heavy atom. The second-order valence-electron chi connectivity index (χ2n) is 4.70. The molecule has 0 aromatic carbocycles. The van der Waals surface area contributed by atoms with Crippen LogP contribution in [0.3, 0.4) is 0 Å². The highest BCUT2D eigenvalue weighted by Gasteiger charge is 2.31. The summed E-state index contributed by atoms with van der Waals surface area (Å²) in [5, 5.41) is 5.27. The lowest BCUT2D eigenvalue weighted by Gasteiger charge is -2.29. The molecule has 1 saturated carbocycles. The van der Waals surface area contributed by atoms with Crippen LogP contribution in [0.1, 0.15) is 41.2 Å². The Kier molecular flexibility index (Phi) is 4.49. The van der Waals surface area contributed by atoms with E-state index in [1.165, 1.54) is 11.3 Å². The Bertz CT molecular complexity index is 474. The van der Waals surface area contributed by atoms with Gasteiger partial charge in [0.05, 0.1) is 5.92 Å². The molecule has 0 bridgehead atoms. The zero-order chi connectivity index (χ0) is 13.8. The van der Waals surface area contributed by atoms with E-state index in [0.717, 1.165) is 30.7 Å². The van der Waals surface area contributed by atoms with Crippen molar-refractivity contribution >= 4 is 23.2 Å². The van der Waals surface area contributed by atoms with E-state index < -0.39 is 0 Å². The molecule has 1 heterocycles. The summed E-state index contributed by atoms with van der Waals surface area (Å²) in [7, 11) is 0. The third-order valence-electron chi connectivity index (χ3n) is 3.41. The summed E-state index contributed by atoms with van der Waals surface area (Å²) >= 11 is 1.36. The fourth-order valence-electron chi connectivity index (χ4n) is 2.40. The van der Waals surface area contributed by atoms with Crippen LogP contribution in [0.5, 0.6) is 0 Å². The van der Waals surface area contributed by atoms with E-state index in [1.54, 1.807) is 5.38 Å². The first-order valence-corrected chi connectivity index (χ1v) is 7.24. The number of hydrogen-bond acceptors (Lipinski definition) is 5. The van der Waals surface area contributed by atoms with E-state index in [-0.39, 0.29) is 23.8 Å². The number of hydrogen-bond donors (Lipinski definition) is 3. The third kappa shape index (κ3) is 3.30. The number of carbonyl (C=O) groups is 2. The van der Waals surface area contributed by atoms with Gasteiger partial charge < -0.3 is 16.8 Å². The van der Waals surface area contributed by atoms with Crippen molar-refractivity contribution in [3.05, 3.63) is 16.1 Å². The molecule has 1 aromatic heterocycles. The molecule has 2 rings (SSSR count). The zero-order valence-corrected chi connectivity index (χ0v) is 11.4. The van der Waals surface area contributed by atoms with Crippen LogP contribution in [0.25, 0.3) is 0 Å². The van der Waals surface area contributed by atoms with Crippen LogP contribution in [0.2, 0.25) is 0 Å². The third-order valence-corrected chi connectivity index (χ3v) is 4.28. The van der Waals surface area contributed by atoms with Gasteiger partial charge in [-0.25, -0.2) is 4.98 Å². The minimum absolute atomic E-state index is 0.179. The molecule has 7 heteroatoms. The lowest BCUT2D eigenvalue weighted by molar-refractivity contribution is -0.123. The van der Waals surface area contributed by atoms with E-state index in [1.807, 2.05) is 0 Å². The molecule has 0 aliphatic heterocycles. The molecule has 2 unspecified atom stereocenters. The second-order valence-corrected chi connectivity index (χ2v) is 5.65. The second kappa shape index (κ2) is 6.12. The van der Waals surface area contributed by atoms with E-state index in [4.69, 9.17) is 11.5 Å². The standard InChI is InChI=1S/C12H18N4O2S/c13-5-10-15-9(6-19-10)12(18)16-8-4-2-1-3-7(8)11(14)17/h6-8H,1-5,13H2,(H2,14,17)(H,16,18). The van der Waals surface area contributed by atoms with Gasteiger partial charge >= 0.3 is 0 Å². The number of thiazole rings is 1. The van der Waals surface area contributed by atoms with Crippen LogP contribution in [0.15, 0.2) is 5.38 Å². The molecule has 19 heavy (non-hydrogen) atoms. The van der Waals surface area contributed by atoms with Crippen LogP contribution < -0.4 is 16.8 Å². The minimum atomic E-state index is -0.342. The van der Waals surface area contributed by atoms with Gasteiger partial charge in [-0.2, -0.15) is 0 Å². The van der Waals surface area contributed by atoms with E-state index >= 15 is 0 Å². The fourth-order valence-corrected chi connectivity index (χ4v) is 3.05. The van der Waals surface area contributed by atoms with E-state index in [9.17, 15) is 9.59 Å². The Balaban J connectivity index is 2.02. The average molecular weight is 282 g/mol. The van der Waals surface area contributed by atoms with Gasteiger partial charge in [0.25, 0.3) is 5.91 Å².